The summed E-state index contributed by atoms with van der Waals surface area (Å²) in [4.78, 5) is 28.0. The number of rotatable bonds is 16. The lowest BCUT2D eigenvalue weighted by Crippen LogP contribution is -2.65. The fourth-order valence-electron chi connectivity index (χ4n) is 8.81. The molecule has 7 atom stereocenters. The SMILES string of the molecule is CCC1(CC(c2ccccc2)C(C)(C)CC(C)(C(=O)OC)C(C)(CC)C(C)(C)C(C)(C(=O)OCCO)C(C)N)CC1(C)C#N. The zero-order valence-electron chi connectivity index (χ0n) is 29.6. The van der Waals surface area contributed by atoms with E-state index in [-0.39, 0.29) is 35.9 Å². The van der Waals surface area contributed by atoms with Crippen LogP contribution in [-0.4, -0.2) is 43.4 Å². The minimum absolute atomic E-state index is 0.0568. The molecular formula is C37H60N2O5. The molecule has 2 rings (SSSR count). The zero-order valence-corrected chi connectivity index (χ0v) is 29.6. The normalized spacial score (nSPS) is 25.8. The van der Waals surface area contributed by atoms with E-state index in [4.69, 9.17) is 15.2 Å². The Morgan fingerprint density at radius 3 is 2.05 bits per heavy atom. The fraction of sp³-hybridized carbons (Fsp3) is 0.757. The van der Waals surface area contributed by atoms with E-state index in [2.05, 4.69) is 71.9 Å². The number of benzene rings is 1. The highest BCUT2D eigenvalue weighted by Crippen LogP contribution is 2.71. The van der Waals surface area contributed by atoms with Crippen LogP contribution in [0.15, 0.2) is 30.3 Å². The van der Waals surface area contributed by atoms with Gasteiger partial charge in [0.1, 0.15) is 6.61 Å². The lowest BCUT2D eigenvalue weighted by Gasteiger charge is -2.61. The Labute approximate surface area is 267 Å². The number of hydrogen-bond acceptors (Lipinski definition) is 7. The predicted octanol–water partition coefficient (Wildman–Crippen LogP) is 7.42. The average Bonchev–Trinajstić information content (AvgIpc) is 3.60. The molecule has 1 aliphatic rings. The van der Waals surface area contributed by atoms with Gasteiger partial charge in [0.2, 0.25) is 0 Å². The Kier molecular flexibility index (Phi) is 11.3. The van der Waals surface area contributed by atoms with Gasteiger partial charge in [-0.15, -0.1) is 0 Å². The first-order valence-corrected chi connectivity index (χ1v) is 16.3. The molecule has 0 aliphatic heterocycles. The van der Waals surface area contributed by atoms with Crippen molar-refractivity contribution in [1.82, 2.24) is 0 Å². The van der Waals surface area contributed by atoms with Crippen LogP contribution in [0.3, 0.4) is 0 Å². The van der Waals surface area contributed by atoms with Crippen molar-refractivity contribution in [2.24, 2.45) is 43.6 Å². The Morgan fingerprint density at radius 2 is 1.64 bits per heavy atom. The highest BCUT2D eigenvalue weighted by atomic mass is 16.5. The molecule has 0 aromatic heterocycles. The summed E-state index contributed by atoms with van der Waals surface area (Å²) >= 11 is 0. The number of ether oxygens (including phenoxy) is 2. The maximum absolute atomic E-state index is 14.2. The Balaban J connectivity index is 2.78. The van der Waals surface area contributed by atoms with E-state index in [9.17, 15) is 20.0 Å². The maximum atomic E-state index is 14.2. The number of methoxy groups -OCH3 is 1. The van der Waals surface area contributed by atoms with Crippen LogP contribution in [0.2, 0.25) is 0 Å². The molecule has 1 aliphatic carbocycles. The summed E-state index contributed by atoms with van der Waals surface area (Å²) in [6.45, 7) is 22.1. The van der Waals surface area contributed by atoms with Crippen molar-refractivity contribution in [2.45, 2.75) is 120 Å². The number of carbonyl (C=O) groups is 2. The second-order valence-corrected chi connectivity index (χ2v) is 15.6. The molecule has 0 heterocycles. The lowest BCUT2D eigenvalue weighted by atomic mass is 9.41. The monoisotopic (exact) mass is 612 g/mol. The summed E-state index contributed by atoms with van der Waals surface area (Å²) in [5, 5.41) is 19.5. The van der Waals surface area contributed by atoms with Crippen LogP contribution in [-0.2, 0) is 19.1 Å². The van der Waals surface area contributed by atoms with Crippen LogP contribution in [0, 0.1) is 49.2 Å². The average molecular weight is 613 g/mol. The van der Waals surface area contributed by atoms with Gasteiger partial charge in [-0.1, -0.05) is 78.8 Å². The van der Waals surface area contributed by atoms with Crippen molar-refractivity contribution in [3.63, 3.8) is 0 Å². The maximum Gasteiger partial charge on any atom is 0.314 e. The van der Waals surface area contributed by atoms with Crippen molar-refractivity contribution in [1.29, 1.82) is 5.26 Å². The summed E-state index contributed by atoms with van der Waals surface area (Å²) in [5.41, 5.74) is 3.01. The summed E-state index contributed by atoms with van der Waals surface area (Å²) < 4.78 is 11.1. The molecule has 1 fully saturated rings. The van der Waals surface area contributed by atoms with Crippen LogP contribution in [0.25, 0.3) is 0 Å². The Hall–Kier alpha value is -2.43. The molecule has 0 bridgehead atoms. The molecule has 0 spiro atoms. The van der Waals surface area contributed by atoms with Crippen LogP contribution in [0.1, 0.15) is 120 Å². The highest BCUT2D eigenvalue weighted by Gasteiger charge is 2.68. The third kappa shape index (κ3) is 5.94. The minimum Gasteiger partial charge on any atom is -0.469 e. The minimum atomic E-state index is -1.19. The van der Waals surface area contributed by atoms with Crippen molar-refractivity contribution < 1.29 is 24.2 Å². The molecule has 7 unspecified atom stereocenters. The van der Waals surface area contributed by atoms with Gasteiger partial charge in [-0.05, 0) is 92.9 Å². The first-order valence-electron chi connectivity index (χ1n) is 16.3. The Bertz CT molecular complexity index is 1210. The van der Waals surface area contributed by atoms with E-state index in [1.54, 1.807) is 6.92 Å². The summed E-state index contributed by atoms with van der Waals surface area (Å²) in [6, 6.07) is 12.4. The molecule has 7 heteroatoms. The summed E-state index contributed by atoms with van der Waals surface area (Å²) in [6.07, 6.45) is 3.65. The number of esters is 2. The van der Waals surface area contributed by atoms with Crippen molar-refractivity contribution in [3.05, 3.63) is 35.9 Å². The number of aliphatic hydroxyl groups excluding tert-OH is 1. The number of hydrogen-bond donors (Lipinski definition) is 2. The molecular weight excluding hydrogens is 552 g/mol. The number of nitriles is 1. The zero-order chi connectivity index (χ0) is 34.0. The van der Waals surface area contributed by atoms with Gasteiger partial charge in [0.25, 0.3) is 0 Å². The van der Waals surface area contributed by atoms with Crippen LogP contribution >= 0.6 is 0 Å². The molecule has 7 nitrogen and oxygen atoms in total. The largest absolute Gasteiger partial charge is 0.469 e. The van der Waals surface area contributed by atoms with Gasteiger partial charge in [0, 0.05) is 6.04 Å². The van der Waals surface area contributed by atoms with Gasteiger partial charge in [-0.3, -0.25) is 9.59 Å². The van der Waals surface area contributed by atoms with E-state index in [1.807, 2.05) is 33.8 Å². The molecule has 0 saturated heterocycles. The quantitative estimate of drug-likeness (QED) is 0.186. The first-order chi connectivity index (χ1) is 20.2. The van der Waals surface area contributed by atoms with Crippen molar-refractivity contribution >= 4 is 11.9 Å². The molecule has 0 radical (unpaired) electrons. The number of aliphatic hydroxyl groups is 1. The van der Waals surface area contributed by atoms with E-state index in [0.717, 1.165) is 19.3 Å². The van der Waals surface area contributed by atoms with Crippen LogP contribution in [0.4, 0.5) is 0 Å². The molecule has 44 heavy (non-hydrogen) atoms. The molecule has 1 aromatic carbocycles. The molecule has 1 aromatic rings. The Morgan fingerprint density at radius 1 is 1.07 bits per heavy atom. The van der Waals surface area contributed by atoms with E-state index < -0.39 is 39.1 Å². The van der Waals surface area contributed by atoms with E-state index >= 15 is 0 Å². The third-order valence-corrected chi connectivity index (χ3v) is 13.1. The van der Waals surface area contributed by atoms with Gasteiger partial charge < -0.3 is 20.3 Å². The van der Waals surface area contributed by atoms with Crippen LogP contribution in [0.5, 0.6) is 0 Å². The number of nitrogens with two attached hydrogens (primary N) is 1. The lowest BCUT2D eigenvalue weighted by molar-refractivity contribution is -0.200. The van der Waals surface area contributed by atoms with Gasteiger partial charge in [0.05, 0.1) is 36.0 Å². The molecule has 0 amide bonds. The molecule has 3 N–H and O–H groups in total. The van der Waals surface area contributed by atoms with Gasteiger partial charge in [0.15, 0.2) is 0 Å². The standard InChI is InChI=1S/C37H60N2O5/c1-13-35(10,32(6,7)36(11,26(3)39)30(42)44-21-20-40)34(9,29(41)43-12)23-31(4,5)28(27-18-16-15-17-19-27)22-37(14-2)24-33(37,8)25-38/h15-19,26,28,40H,13-14,20-24,39H2,1-12H3. The van der Waals surface area contributed by atoms with E-state index in [0.29, 0.717) is 12.8 Å². The first kappa shape index (κ1) is 37.8. The van der Waals surface area contributed by atoms with Crippen LogP contribution < -0.4 is 5.73 Å². The number of nitrogens with zero attached hydrogens (tertiary/aromatic N) is 1. The topological polar surface area (TPSA) is 123 Å². The summed E-state index contributed by atoms with van der Waals surface area (Å²) in [7, 11) is 1.43. The van der Waals surface area contributed by atoms with E-state index in [1.165, 1.54) is 12.7 Å². The van der Waals surface area contributed by atoms with Gasteiger partial charge in [-0.2, -0.15) is 5.26 Å². The number of carbonyl (C=O) groups excluding carboxylic acids is 2. The highest BCUT2D eigenvalue weighted by molar-refractivity contribution is 5.81. The van der Waals surface area contributed by atoms with Crippen molar-refractivity contribution in [3.8, 4) is 6.07 Å². The second-order valence-electron chi connectivity index (χ2n) is 15.6. The van der Waals surface area contributed by atoms with Gasteiger partial charge >= 0.3 is 11.9 Å². The smallest absolute Gasteiger partial charge is 0.314 e. The van der Waals surface area contributed by atoms with Crippen molar-refractivity contribution in [2.75, 3.05) is 20.3 Å². The van der Waals surface area contributed by atoms with Gasteiger partial charge in [-0.25, -0.2) is 0 Å². The predicted molar refractivity (Wildman–Crippen MR) is 175 cm³/mol. The molecule has 248 valence electrons. The third-order valence-electron chi connectivity index (χ3n) is 13.1. The fourth-order valence-corrected chi connectivity index (χ4v) is 8.81. The summed E-state index contributed by atoms with van der Waals surface area (Å²) in [5.74, 6) is -0.764. The molecule has 1 saturated carbocycles. The second kappa shape index (κ2) is 13.1.